The molecule has 0 spiro atoms. The average molecular weight is 402 g/mol. The molecule has 0 bridgehead atoms. The lowest BCUT2D eigenvalue weighted by molar-refractivity contribution is -0.490. The SMILES string of the molecule is Cc1ccc(-c2nc(COC(=O)C[C@H]3C(=O)C[C@@H](C)[C@@H]3C[N+](=O)[O-])cs2)cc1. The summed E-state index contributed by atoms with van der Waals surface area (Å²) in [6, 6.07) is 8.01. The van der Waals surface area contributed by atoms with Crippen LogP contribution in [0.5, 0.6) is 0 Å². The van der Waals surface area contributed by atoms with Gasteiger partial charge in [0, 0.05) is 34.1 Å². The van der Waals surface area contributed by atoms with E-state index in [0.717, 1.165) is 10.6 Å². The number of aromatic nitrogens is 1. The Morgan fingerprint density at radius 1 is 1.36 bits per heavy atom. The van der Waals surface area contributed by atoms with E-state index in [-0.39, 0.29) is 37.7 Å². The molecule has 8 heteroatoms. The van der Waals surface area contributed by atoms with Crippen LogP contribution < -0.4 is 0 Å². The first-order valence-electron chi connectivity index (χ1n) is 9.15. The third-order valence-electron chi connectivity index (χ3n) is 5.16. The first-order chi connectivity index (χ1) is 13.3. The highest BCUT2D eigenvalue weighted by atomic mass is 32.1. The minimum Gasteiger partial charge on any atom is -0.459 e. The van der Waals surface area contributed by atoms with Crippen molar-refractivity contribution in [1.82, 2.24) is 4.98 Å². The molecule has 3 atom stereocenters. The van der Waals surface area contributed by atoms with E-state index in [9.17, 15) is 19.7 Å². The van der Waals surface area contributed by atoms with Gasteiger partial charge in [-0.3, -0.25) is 19.7 Å². The highest BCUT2D eigenvalue weighted by Gasteiger charge is 2.44. The van der Waals surface area contributed by atoms with Crippen LogP contribution in [0.25, 0.3) is 10.6 Å². The van der Waals surface area contributed by atoms with E-state index < -0.39 is 22.7 Å². The zero-order chi connectivity index (χ0) is 20.3. The fourth-order valence-electron chi connectivity index (χ4n) is 3.59. The summed E-state index contributed by atoms with van der Waals surface area (Å²) in [4.78, 5) is 39.3. The monoisotopic (exact) mass is 402 g/mol. The summed E-state index contributed by atoms with van der Waals surface area (Å²) in [5, 5.41) is 13.5. The lowest BCUT2D eigenvalue weighted by Gasteiger charge is -2.16. The number of esters is 1. The largest absolute Gasteiger partial charge is 0.459 e. The first kappa shape index (κ1) is 20.1. The minimum atomic E-state index is -0.633. The number of carbonyl (C=O) groups is 2. The lowest BCUT2D eigenvalue weighted by Crippen LogP contribution is -2.27. The molecule has 28 heavy (non-hydrogen) atoms. The van der Waals surface area contributed by atoms with Gasteiger partial charge in [0.15, 0.2) is 0 Å². The fraction of sp³-hybridized carbons (Fsp3) is 0.450. The van der Waals surface area contributed by atoms with Gasteiger partial charge in [0.05, 0.1) is 12.1 Å². The number of hydrogen-bond donors (Lipinski definition) is 0. The summed E-state index contributed by atoms with van der Waals surface area (Å²) < 4.78 is 5.28. The van der Waals surface area contributed by atoms with Crippen molar-refractivity contribution in [3.8, 4) is 10.6 Å². The first-order valence-corrected chi connectivity index (χ1v) is 10.0. The van der Waals surface area contributed by atoms with Crippen molar-refractivity contribution in [3.05, 3.63) is 51.0 Å². The number of hydrogen-bond acceptors (Lipinski definition) is 7. The van der Waals surface area contributed by atoms with Crippen LogP contribution in [0.3, 0.4) is 0 Å². The molecule has 0 saturated heterocycles. The topological polar surface area (TPSA) is 99.4 Å². The van der Waals surface area contributed by atoms with Gasteiger partial charge in [0.1, 0.15) is 17.4 Å². The van der Waals surface area contributed by atoms with E-state index in [0.29, 0.717) is 5.69 Å². The van der Waals surface area contributed by atoms with E-state index in [1.54, 1.807) is 0 Å². The quantitative estimate of drug-likeness (QED) is 0.398. The maximum atomic E-state index is 12.2. The normalized spacial score (nSPS) is 21.6. The van der Waals surface area contributed by atoms with E-state index >= 15 is 0 Å². The number of ketones is 1. The molecule has 1 aromatic carbocycles. The molecule has 2 aromatic rings. The summed E-state index contributed by atoms with van der Waals surface area (Å²) >= 11 is 1.47. The third kappa shape index (κ3) is 4.81. The van der Waals surface area contributed by atoms with Crippen LogP contribution in [0.4, 0.5) is 0 Å². The van der Waals surface area contributed by atoms with Crippen molar-refractivity contribution in [2.24, 2.45) is 17.8 Å². The summed E-state index contributed by atoms with van der Waals surface area (Å²) in [6.45, 7) is 3.57. The molecule has 7 nitrogen and oxygen atoms in total. The molecule has 1 heterocycles. The highest BCUT2D eigenvalue weighted by Crippen LogP contribution is 2.36. The molecule has 0 radical (unpaired) electrons. The molecule has 1 saturated carbocycles. The van der Waals surface area contributed by atoms with Gasteiger partial charge >= 0.3 is 5.97 Å². The second-order valence-corrected chi connectivity index (χ2v) is 8.17. The molecule has 1 aliphatic rings. The fourth-order valence-corrected chi connectivity index (χ4v) is 4.41. The van der Waals surface area contributed by atoms with E-state index in [2.05, 4.69) is 4.98 Å². The van der Waals surface area contributed by atoms with Crippen LogP contribution >= 0.6 is 11.3 Å². The number of ether oxygens (including phenoxy) is 1. The van der Waals surface area contributed by atoms with Crippen LogP contribution in [-0.4, -0.2) is 28.2 Å². The third-order valence-corrected chi connectivity index (χ3v) is 6.10. The van der Waals surface area contributed by atoms with Gasteiger partial charge in [-0.15, -0.1) is 11.3 Å². The molecule has 0 amide bonds. The molecule has 1 fully saturated rings. The molecule has 1 aliphatic carbocycles. The number of rotatable bonds is 7. The van der Waals surface area contributed by atoms with Gasteiger partial charge < -0.3 is 4.74 Å². The van der Waals surface area contributed by atoms with Crippen molar-refractivity contribution in [3.63, 3.8) is 0 Å². The zero-order valence-corrected chi connectivity index (χ0v) is 16.6. The molecule has 0 unspecified atom stereocenters. The van der Waals surface area contributed by atoms with Crippen LogP contribution in [0.1, 0.15) is 31.0 Å². The molecular formula is C20H22N2O5S. The lowest BCUT2D eigenvalue weighted by atomic mass is 9.88. The Kier molecular flexibility index (Phi) is 6.18. The highest BCUT2D eigenvalue weighted by molar-refractivity contribution is 7.13. The van der Waals surface area contributed by atoms with Crippen LogP contribution in [0.15, 0.2) is 29.6 Å². The Hall–Kier alpha value is -2.61. The van der Waals surface area contributed by atoms with Gasteiger partial charge in [-0.2, -0.15) is 0 Å². The van der Waals surface area contributed by atoms with Gasteiger partial charge in [-0.25, -0.2) is 4.98 Å². The van der Waals surface area contributed by atoms with Gasteiger partial charge in [0.25, 0.3) is 0 Å². The molecule has 0 aliphatic heterocycles. The summed E-state index contributed by atoms with van der Waals surface area (Å²) in [5.74, 6) is -1.75. The van der Waals surface area contributed by atoms with Crippen LogP contribution in [0, 0.1) is 34.8 Å². The molecule has 1 aromatic heterocycles. The summed E-state index contributed by atoms with van der Waals surface area (Å²) in [5.41, 5.74) is 2.81. The number of thiazole rings is 1. The minimum absolute atomic E-state index is 0.0254. The molecule has 148 valence electrons. The second kappa shape index (κ2) is 8.60. The van der Waals surface area contributed by atoms with Gasteiger partial charge in [-0.1, -0.05) is 36.8 Å². The Balaban J connectivity index is 1.56. The molecule has 3 rings (SSSR count). The standard InChI is InChI=1S/C20H22N2O5S/c1-12-3-5-14(6-4-12)20-21-15(11-28-20)10-27-19(24)8-16-17(9-22(25)26)13(2)7-18(16)23/h3-6,11,13,16-17H,7-10H2,1-2H3/t13-,16-,17+/m1/s1. The van der Waals surface area contributed by atoms with Crippen molar-refractivity contribution in [2.75, 3.05) is 6.54 Å². The number of nitro groups is 1. The van der Waals surface area contributed by atoms with Crippen molar-refractivity contribution >= 4 is 23.1 Å². The van der Waals surface area contributed by atoms with Gasteiger partial charge in [-0.05, 0) is 12.8 Å². The van der Waals surface area contributed by atoms with Crippen molar-refractivity contribution < 1.29 is 19.2 Å². The van der Waals surface area contributed by atoms with Crippen molar-refractivity contribution in [2.45, 2.75) is 33.3 Å². The Bertz CT molecular complexity index is 877. The second-order valence-electron chi connectivity index (χ2n) is 7.31. The van der Waals surface area contributed by atoms with Crippen molar-refractivity contribution in [1.29, 1.82) is 0 Å². The average Bonchev–Trinajstić information content (AvgIpc) is 3.20. The molecule has 0 N–H and O–H groups in total. The van der Waals surface area contributed by atoms with Crippen LogP contribution in [0.2, 0.25) is 0 Å². The maximum absolute atomic E-state index is 12.2. The summed E-state index contributed by atoms with van der Waals surface area (Å²) in [7, 11) is 0. The van der Waals surface area contributed by atoms with Gasteiger partial charge in [0.2, 0.25) is 6.54 Å². The van der Waals surface area contributed by atoms with E-state index in [1.165, 1.54) is 16.9 Å². The number of Topliss-reactive ketones (excluding diaryl/α,β-unsaturated/α-hetero) is 1. The predicted molar refractivity (Wildman–Crippen MR) is 104 cm³/mol. The van der Waals surface area contributed by atoms with E-state index in [1.807, 2.05) is 43.5 Å². The summed E-state index contributed by atoms with van der Waals surface area (Å²) in [6.07, 6.45) is 0.166. The smallest absolute Gasteiger partial charge is 0.306 e. The Morgan fingerprint density at radius 3 is 2.75 bits per heavy atom. The maximum Gasteiger partial charge on any atom is 0.306 e. The van der Waals surface area contributed by atoms with Crippen LogP contribution in [-0.2, 0) is 20.9 Å². The Morgan fingerprint density at radius 2 is 2.07 bits per heavy atom. The molecular weight excluding hydrogens is 380 g/mol. The Labute approximate surface area is 166 Å². The number of carbonyl (C=O) groups excluding carboxylic acids is 2. The predicted octanol–water partition coefficient (Wildman–Crippen LogP) is 3.67. The number of nitrogens with zero attached hydrogens (tertiary/aromatic N) is 2. The zero-order valence-electron chi connectivity index (χ0n) is 15.8. The number of aryl methyl sites for hydroxylation is 1. The number of benzene rings is 1. The van der Waals surface area contributed by atoms with E-state index in [4.69, 9.17) is 4.74 Å².